The number of imidazole rings is 1. The van der Waals surface area contributed by atoms with Crippen LogP contribution in [0.1, 0.15) is 21.6 Å². The Morgan fingerprint density at radius 1 is 1.15 bits per heavy atom. The van der Waals surface area contributed by atoms with Crippen LogP contribution in [0.5, 0.6) is 0 Å². The maximum atomic E-state index is 13.0. The Bertz CT molecular complexity index is 1430. The summed E-state index contributed by atoms with van der Waals surface area (Å²) in [6.07, 6.45) is 1.79. The van der Waals surface area contributed by atoms with E-state index in [1.165, 1.54) is 6.20 Å². The summed E-state index contributed by atoms with van der Waals surface area (Å²) in [6.45, 7) is 4.01. The standard InChI is InChI=1S/C23H22N8O2/c1-2-25-22(24)30-20(32)13-7-5-9-16-19(13)29-23(28-16)31-21(33)17-10-14-12-6-3-4-8-15(12)27-18(14)11-26-17/h2-9,17,26-27H,1,10-11H2,(H3,24,25,30,32)(H2,28,29,31,33). The highest BCUT2D eigenvalue weighted by Gasteiger charge is 2.27. The number of nitrogens with one attached hydrogen (secondary N) is 5. The van der Waals surface area contributed by atoms with Crippen molar-refractivity contribution in [3.8, 4) is 0 Å². The first-order valence-corrected chi connectivity index (χ1v) is 10.4. The number of anilines is 1. The Balaban J connectivity index is 1.35. The first kappa shape index (κ1) is 20.5. The third-order valence-electron chi connectivity index (χ3n) is 5.62. The van der Waals surface area contributed by atoms with Crippen molar-refractivity contribution < 1.29 is 9.59 Å². The van der Waals surface area contributed by atoms with Crippen LogP contribution in [0.4, 0.5) is 5.95 Å². The molecule has 0 saturated carbocycles. The Kier molecular flexibility index (Phi) is 5.11. The van der Waals surface area contributed by atoms with Gasteiger partial charge in [-0.2, -0.15) is 0 Å². The Morgan fingerprint density at radius 3 is 2.82 bits per heavy atom. The first-order chi connectivity index (χ1) is 16.0. The van der Waals surface area contributed by atoms with E-state index >= 15 is 0 Å². The second-order valence-electron chi connectivity index (χ2n) is 7.69. The maximum absolute atomic E-state index is 13.0. The smallest absolute Gasteiger partial charge is 0.260 e. The number of hydrogen-bond donors (Lipinski definition) is 6. The van der Waals surface area contributed by atoms with E-state index in [4.69, 9.17) is 5.73 Å². The molecule has 1 aliphatic heterocycles. The van der Waals surface area contributed by atoms with Crippen LogP contribution < -0.4 is 21.7 Å². The molecule has 0 saturated heterocycles. The van der Waals surface area contributed by atoms with Gasteiger partial charge in [-0.05, 0) is 30.2 Å². The molecular weight excluding hydrogens is 420 g/mol. The molecule has 5 rings (SSSR count). The number of fused-ring (bicyclic) bond motifs is 4. The van der Waals surface area contributed by atoms with Crippen molar-refractivity contribution in [2.75, 3.05) is 5.32 Å². The molecule has 0 fully saturated rings. The topological polar surface area (TPSA) is 153 Å². The second kappa shape index (κ2) is 8.24. The van der Waals surface area contributed by atoms with Crippen LogP contribution >= 0.6 is 0 Å². The van der Waals surface area contributed by atoms with E-state index < -0.39 is 11.9 Å². The average molecular weight is 442 g/mol. The molecule has 1 aliphatic rings. The van der Waals surface area contributed by atoms with Gasteiger partial charge in [0.2, 0.25) is 11.9 Å². The van der Waals surface area contributed by atoms with E-state index in [1.807, 2.05) is 18.2 Å². The van der Waals surface area contributed by atoms with E-state index in [-0.39, 0.29) is 17.8 Å². The molecule has 0 radical (unpaired) electrons. The largest absolute Gasteiger partial charge is 0.369 e. The van der Waals surface area contributed by atoms with Gasteiger partial charge in [0, 0.05) is 29.3 Å². The number of aliphatic imine (C=N–C) groups is 1. The van der Waals surface area contributed by atoms with Crippen molar-refractivity contribution in [1.82, 2.24) is 25.6 Å². The van der Waals surface area contributed by atoms with Crippen LogP contribution in [0.25, 0.3) is 21.9 Å². The summed E-state index contributed by atoms with van der Waals surface area (Å²) < 4.78 is 0. The molecule has 3 heterocycles. The molecule has 2 aromatic carbocycles. The number of para-hydroxylation sites is 2. The molecule has 0 bridgehead atoms. The van der Waals surface area contributed by atoms with Gasteiger partial charge >= 0.3 is 0 Å². The van der Waals surface area contributed by atoms with Gasteiger partial charge in [0.25, 0.3) is 5.91 Å². The SMILES string of the molecule is C=CN=C(N)NC(=O)c1cccc2[nH]c(NC(=O)C3Cc4c([nH]c5ccccc45)CN3)nc12. The van der Waals surface area contributed by atoms with E-state index in [9.17, 15) is 9.59 Å². The minimum absolute atomic E-state index is 0.0731. The minimum Gasteiger partial charge on any atom is -0.369 e. The van der Waals surface area contributed by atoms with Gasteiger partial charge in [0.15, 0.2) is 5.96 Å². The number of H-pyrrole nitrogens is 2. The molecule has 2 aromatic heterocycles. The summed E-state index contributed by atoms with van der Waals surface area (Å²) >= 11 is 0. The van der Waals surface area contributed by atoms with Gasteiger partial charge in [-0.3, -0.25) is 25.5 Å². The van der Waals surface area contributed by atoms with E-state index in [2.05, 4.69) is 48.5 Å². The van der Waals surface area contributed by atoms with Crippen molar-refractivity contribution in [3.05, 3.63) is 72.1 Å². The summed E-state index contributed by atoms with van der Waals surface area (Å²) in [5.74, 6) is -0.488. The highest BCUT2D eigenvalue weighted by molar-refractivity contribution is 6.11. The van der Waals surface area contributed by atoms with E-state index in [0.29, 0.717) is 29.6 Å². The summed E-state index contributed by atoms with van der Waals surface area (Å²) in [5, 5.41) is 9.70. The zero-order valence-electron chi connectivity index (χ0n) is 17.6. The number of aromatic nitrogens is 3. The van der Waals surface area contributed by atoms with Crippen LogP contribution in [0.15, 0.2) is 60.2 Å². The van der Waals surface area contributed by atoms with Crippen molar-refractivity contribution >= 4 is 45.7 Å². The third-order valence-corrected chi connectivity index (χ3v) is 5.62. The van der Waals surface area contributed by atoms with Crippen LogP contribution in [0.2, 0.25) is 0 Å². The molecule has 7 N–H and O–H groups in total. The van der Waals surface area contributed by atoms with Gasteiger partial charge in [0.1, 0.15) is 5.52 Å². The minimum atomic E-state index is -0.464. The number of benzene rings is 2. The quantitative estimate of drug-likeness (QED) is 0.210. The summed E-state index contributed by atoms with van der Waals surface area (Å²) in [4.78, 5) is 40.2. The molecule has 1 unspecified atom stereocenters. The summed E-state index contributed by atoms with van der Waals surface area (Å²) in [5.41, 5.74) is 10.2. The van der Waals surface area contributed by atoms with Crippen molar-refractivity contribution in [2.45, 2.75) is 19.0 Å². The highest BCUT2D eigenvalue weighted by Crippen LogP contribution is 2.27. The third kappa shape index (κ3) is 3.83. The predicted octanol–water partition coefficient (Wildman–Crippen LogP) is 1.89. The zero-order valence-corrected chi connectivity index (χ0v) is 17.6. The number of hydrogen-bond acceptors (Lipinski definition) is 5. The Hall–Kier alpha value is -4.44. The van der Waals surface area contributed by atoms with Crippen LogP contribution in [0, 0.1) is 0 Å². The number of carbonyl (C=O) groups excluding carboxylic acids is 2. The lowest BCUT2D eigenvalue weighted by Crippen LogP contribution is -2.44. The van der Waals surface area contributed by atoms with Crippen molar-refractivity contribution in [3.63, 3.8) is 0 Å². The molecule has 2 amide bonds. The molecule has 4 aromatic rings. The fourth-order valence-corrected chi connectivity index (χ4v) is 4.12. The van der Waals surface area contributed by atoms with Gasteiger partial charge < -0.3 is 15.7 Å². The lowest BCUT2D eigenvalue weighted by atomic mass is 9.98. The first-order valence-electron chi connectivity index (χ1n) is 10.4. The molecule has 10 heteroatoms. The van der Waals surface area contributed by atoms with Crippen LogP contribution in [-0.4, -0.2) is 38.8 Å². The molecule has 33 heavy (non-hydrogen) atoms. The Morgan fingerprint density at radius 2 is 1.97 bits per heavy atom. The van der Waals surface area contributed by atoms with Crippen LogP contribution in [-0.2, 0) is 17.8 Å². The lowest BCUT2D eigenvalue weighted by Gasteiger charge is -2.23. The van der Waals surface area contributed by atoms with Gasteiger partial charge in [-0.25, -0.2) is 9.98 Å². The zero-order chi connectivity index (χ0) is 22.9. The number of amides is 2. The van der Waals surface area contributed by atoms with E-state index in [0.717, 1.165) is 22.2 Å². The lowest BCUT2D eigenvalue weighted by molar-refractivity contribution is -0.118. The predicted molar refractivity (Wildman–Crippen MR) is 127 cm³/mol. The van der Waals surface area contributed by atoms with Crippen LogP contribution in [0.3, 0.4) is 0 Å². The molecule has 1 atom stereocenters. The van der Waals surface area contributed by atoms with Crippen molar-refractivity contribution in [2.24, 2.45) is 10.7 Å². The highest BCUT2D eigenvalue weighted by atomic mass is 16.2. The van der Waals surface area contributed by atoms with Crippen molar-refractivity contribution in [1.29, 1.82) is 0 Å². The Labute approximate surface area is 188 Å². The molecule has 0 spiro atoms. The van der Waals surface area contributed by atoms with Gasteiger partial charge in [0.05, 0.1) is 17.1 Å². The second-order valence-corrected chi connectivity index (χ2v) is 7.69. The average Bonchev–Trinajstić information content (AvgIpc) is 3.39. The van der Waals surface area contributed by atoms with Gasteiger partial charge in [-0.15, -0.1) is 0 Å². The molecule has 10 nitrogen and oxygen atoms in total. The summed E-state index contributed by atoms with van der Waals surface area (Å²) in [7, 11) is 0. The molecule has 0 aliphatic carbocycles. The van der Waals surface area contributed by atoms with E-state index in [1.54, 1.807) is 18.2 Å². The number of nitrogens with two attached hydrogens (primary N) is 1. The normalized spacial score (nSPS) is 15.9. The number of rotatable bonds is 4. The van der Waals surface area contributed by atoms with Gasteiger partial charge in [-0.1, -0.05) is 30.8 Å². The fraction of sp³-hybridized carbons (Fsp3) is 0.130. The number of nitrogens with zero attached hydrogens (tertiary/aromatic N) is 2. The number of carbonyl (C=O) groups is 2. The monoisotopic (exact) mass is 442 g/mol. The fourth-order valence-electron chi connectivity index (χ4n) is 4.12. The number of aromatic amines is 2. The molecular formula is C23H22N8O2. The molecule has 166 valence electrons. The maximum Gasteiger partial charge on any atom is 0.260 e. The number of guanidine groups is 1. The summed E-state index contributed by atoms with van der Waals surface area (Å²) in [6, 6.07) is 12.8.